The van der Waals surface area contributed by atoms with Gasteiger partial charge in [-0.2, -0.15) is 0 Å². The van der Waals surface area contributed by atoms with Crippen LogP contribution < -0.4 is 5.32 Å². The second kappa shape index (κ2) is 9.34. The van der Waals surface area contributed by atoms with E-state index < -0.39 is 23.9 Å². The molecule has 6 heteroatoms. The van der Waals surface area contributed by atoms with Gasteiger partial charge in [-0.25, -0.2) is 4.98 Å². The average molecular weight is 375 g/mol. The number of anilines is 1. The first kappa shape index (κ1) is 19.9. The van der Waals surface area contributed by atoms with E-state index >= 15 is 0 Å². The monoisotopic (exact) mass is 374 g/mol. The molecular weight excluding hydrogens is 352 g/mol. The van der Waals surface area contributed by atoms with Gasteiger partial charge < -0.3 is 10.1 Å². The van der Waals surface area contributed by atoms with Crippen molar-refractivity contribution in [3.05, 3.63) is 59.2 Å². The normalized spacial score (nSPS) is 14.2. The van der Waals surface area contributed by atoms with Crippen LogP contribution >= 0.6 is 11.6 Å². The van der Waals surface area contributed by atoms with Crippen LogP contribution in [0.15, 0.2) is 48.7 Å². The molecule has 0 aliphatic carbocycles. The van der Waals surface area contributed by atoms with E-state index in [0.717, 1.165) is 12.0 Å². The van der Waals surface area contributed by atoms with Gasteiger partial charge in [0.1, 0.15) is 5.82 Å². The predicted octanol–water partition coefficient (Wildman–Crippen LogP) is 4.44. The molecule has 0 aliphatic rings. The molecule has 138 valence electrons. The van der Waals surface area contributed by atoms with Gasteiger partial charge in [0.2, 0.25) is 0 Å². The smallest absolute Gasteiger partial charge is 0.314 e. The fourth-order valence-electron chi connectivity index (χ4n) is 2.57. The van der Waals surface area contributed by atoms with Crippen molar-refractivity contribution in [3.63, 3.8) is 0 Å². The number of hydrogen-bond donors (Lipinski definition) is 1. The SMILES string of the molecule is CC[C@@H](C)[C@@H](C(=O)O[C@@H](C)C(=O)Nc1ccc(Cl)cn1)c1ccccc1. The number of pyridine rings is 1. The van der Waals surface area contributed by atoms with Gasteiger partial charge in [-0.15, -0.1) is 0 Å². The van der Waals surface area contributed by atoms with Crippen LogP contribution in [-0.2, 0) is 14.3 Å². The number of nitrogens with one attached hydrogen (secondary N) is 1. The molecule has 1 heterocycles. The van der Waals surface area contributed by atoms with Gasteiger partial charge in [0.25, 0.3) is 5.91 Å². The van der Waals surface area contributed by atoms with Crippen LogP contribution in [0.2, 0.25) is 5.02 Å². The number of rotatable bonds is 7. The minimum atomic E-state index is -0.935. The first-order chi connectivity index (χ1) is 12.4. The lowest BCUT2D eigenvalue weighted by molar-refractivity contribution is -0.155. The lowest BCUT2D eigenvalue weighted by Crippen LogP contribution is -2.33. The third kappa shape index (κ3) is 5.30. The summed E-state index contributed by atoms with van der Waals surface area (Å²) in [5.74, 6) is -0.812. The van der Waals surface area contributed by atoms with Crippen molar-refractivity contribution < 1.29 is 14.3 Å². The largest absolute Gasteiger partial charge is 0.452 e. The molecule has 2 aromatic rings. The summed E-state index contributed by atoms with van der Waals surface area (Å²) >= 11 is 5.77. The third-order valence-electron chi connectivity index (χ3n) is 4.27. The lowest BCUT2D eigenvalue weighted by atomic mass is 9.85. The molecule has 26 heavy (non-hydrogen) atoms. The van der Waals surface area contributed by atoms with Crippen molar-refractivity contribution in [1.29, 1.82) is 0 Å². The Morgan fingerprint density at radius 3 is 2.42 bits per heavy atom. The molecule has 0 saturated carbocycles. The molecule has 0 bridgehead atoms. The number of hydrogen-bond acceptors (Lipinski definition) is 4. The van der Waals surface area contributed by atoms with Crippen LogP contribution in [0, 0.1) is 5.92 Å². The molecule has 0 spiro atoms. The molecule has 0 radical (unpaired) electrons. The highest BCUT2D eigenvalue weighted by atomic mass is 35.5. The highest BCUT2D eigenvalue weighted by molar-refractivity contribution is 6.30. The second-order valence-corrected chi connectivity index (χ2v) is 6.64. The summed E-state index contributed by atoms with van der Waals surface area (Å²) in [5, 5.41) is 3.08. The van der Waals surface area contributed by atoms with Crippen molar-refractivity contribution in [1.82, 2.24) is 4.98 Å². The van der Waals surface area contributed by atoms with Crippen LogP contribution in [0.4, 0.5) is 5.82 Å². The maximum atomic E-state index is 12.7. The number of carbonyl (C=O) groups is 2. The van der Waals surface area contributed by atoms with Crippen LogP contribution in [0.3, 0.4) is 0 Å². The maximum Gasteiger partial charge on any atom is 0.314 e. The summed E-state index contributed by atoms with van der Waals surface area (Å²) in [6.45, 7) is 5.57. The number of benzene rings is 1. The highest BCUT2D eigenvalue weighted by Crippen LogP contribution is 2.28. The Balaban J connectivity index is 2.05. The second-order valence-electron chi connectivity index (χ2n) is 6.20. The summed E-state index contributed by atoms with van der Waals surface area (Å²) in [5.41, 5.74) is 0.888. The summed E-state index contributed by atoms with van der Waals surface area (Å²) in [4.78, 5) is 29.0. The first-order valence-electron chi connectivity index (χ1n) is 8.60. The number of carbonyl (C=O) groups excluding carboxylic acids is 2. The third-order valence-corrected chi connectivity index (χ3v) is 4.49. The molecule has 5 nitrogen and oxygen atoms in total. The van der Waals surface area contributed by atoms with Crippen molar-refractivity contribution in [2.24, 2.45) is 5.92 Å². The predicted molar refractivity (Wildman–Crippen MR) is 102 cm³/mol. The minimum Gasteiger partial charge on any atom is -0.452 e. The zero-order valence-corrected chi connectivity index (χ0v) is 15.9. The minimum absolute atomic E-state index is 0.0955. The standard InChI is InChI=1S/C20H23ClN2O3/c1-4-13(2)18(15-8-6-5-7-9-15)20(25)26-14(3)19(24)23-17-11-10-16(21)12-22-17/h5-14,18H,4H2,1-3H3,(H,22,23,24)/t13-,14+,18-/m1/s1. The zero-order chi connectivity index (χ0) is 19.1. The maximum absolute atomic E-state index is 12.7. The molecule has 1 amide bonds. The van der Waals surface area contributed by atoms with Gasteiger partial charge in [-0.3, -0.25) is 9.59 Å². The Hall–Kier alpha value is -2.40. The van der Waals surface area contributed by atoms with Crippen LogP contribution in [0.25, 0.3) is 0 Å². The zero-order valence-electron chi connectivity index (χ0n) is 15.1. The first-order valence-corrected chi connectivity index (χ1v) is 8.98. The number of nitrogens with zero attached hydrogens (tertiary/aromatic N) is 1. The van der Waals surface area contributed by atoms with Crippen molar-refractivity contribution in [3.8, 4) is 0 Å². The van der Waals surface area contributed by atoms with E-state index in [2.05, 4.69) is 10.3 Å². The van der Waals surface area contributed by atoms with E-state index in [1.807, 2.05) is 44.2 Å². The lowest BCUT2D eigenvalue weighted by Gasteiger charge is -2.23. The number of amides is 1. The van der Waals surface area contributed by atoms with Crippen molar-refractivity contribution in [2.45, 2.75) is 39.2 Å². The summed E-state index contributed by atoms with van der Waals surface area (Å²) in [6.07, 6.45) is 1.32. The van der Waals surface area contributed by atoms with E-state index in [9.17, 15) is 9.59 Å². The van der Waals surface area contributed by atoms with E-state index in [4.69, 9.17) is 16.3 Å². The number of esters is 1. The summed E-state index contributed by atoms with van der Waals surface area (Å²) in [7, 11) is 0. The van der Waals surface area contributed by atoms with Crippen molar-refractivity contribution >= 4 is 29.3 Å². The topological polar surface area (TPSA) is 68.3 Å². The molecule has 3 atom stereocenters. The van der Waals surface area contributed by atoms with Gasteiger partial charge in [0, 0.05) is 6.20 Å². The fraction of sp³-hybridized carbons (Fsp3) is 0.350. The molecule has 0 unspecified atom stereocenters. The van der Waals surface area contributed by atoms with Gasteiger partial charge in [-0.05, 0) is 30.5 Å². The average Bonchev–Trinajstić information content (AvgIpc) is 2.64. The molecular formula is C20H23ClN2O3. The Morgan fingerprint density at radius 1 is 1.15 bits per heavy atom. The van der Waals surface area contributed by atoms with Crippen LogP contribution in [0.5, 0.6) is 0 Å². The summed E-state index contributed by atoms with van der Waals surface area (Å²) in [6, 6.07) is 12.7. The molecule has 1 aromatic heterocycles. The fourth-order valence-corrected chi connectivity index (χ4v) is 2.68. The molecule has 0 fully saturated rings. The Bertz CT molecular complexity index is 734. The number of ether oxygens (including phenoxy) is 1. The molecule has 0 saturated heterocycles. The van der Waals surface area contributed by atoms with E-state index in [1.54, 1.807) is 19.1 Å². The van der Waals surface area contributed by atoms with E-state index in [1.165, 1.54) is 6.20 Å². The van der Waals surface area contributed by atoms with Crippen LogP contribution in [-0.4, -0.2) is 23.0 Å². The summed E-state index contributed by atoms with van der Waals surface area (Å²) < 4.78 is 5.44. The molecule has 0 aliphatic heterocycles. The number of aromatic nitrogens is 1. The van der Waals surface area contributed by atoms with E-state index in [-0.39, 0.29) is 5.92 Å². The Labute approximate surface area is 158 Å². The highest BCUT2D eigenvalue weighted by Gasteiger charge is 2.30. The van der Waals surface area contributed by atoms with Gasteiger partial charge >= 0.3 is 5.97 Å². The van der Waals surface area contributed by atoms with Gasteiger partial charge in [0.15, 0.2) is 6.10 Å². The quantitative estimate of drug-likeness (QED) is 0.727. The van der Waals surface area contributed by atoms with Crippen LogP contribution in [0.1, 0.15) is 38.7 Å². The Morgan fingerprint density at radius 2 is 1.85 bits per heavy atom. The van der Waals surface area contributed by atoms with Crippen molar-refractivity contribution in [2.75, 3.05) is 5.32 Å². The number of halogens is 1. The van der Waals surface area contributed by atoms with E-state index in [0.29, 0.717) is 10.8 Å². The van der Waals surface area contributed by atoms with Gasteiger partial charge in [0.05, 0.1) is 10.9 Å². The molecule has 1 aromatic carbocycles. The van der Waals surface area contributed by atoms with Gasteiger partial charge in [-0.1, -0.05) is 62.2 Å². The Kier molecular flexibility index (Phi) is 7.16. The molecule has 2 rings (SSSR count). The molecule has 1 N–H and O–H groups in total.